The maximum Gasteiger partial charge on any atom is 0.123 e. The lowest BCUT2D eigenvalue weighted by Crippen LogP contribution is -2.25. The molecule has 2 aromatic carbocycles. The summed E-state index contributed by atoms with van der Waals surface area (Å²) in [7, 11) is 0. The van der Waals surface area contributed by atoms with Crippen LogP contribution >= 0.6 is 15.9 Å². The Morgan fingerprint density at radius 2 is 2.05 bits per heavy atom. The molecule has 0 fully saturated rings. The van der Waals surface area contributed by atoms with Crippen molar-refractivity contribution in [2.75, 3.05) is 18.9 Å². The predicted octanol–water partition coefficient (Wildman–Crippen LogP) is 3.43. The van der Waals surface area contributed by atoms with Crippen LogP contribution in [-0.4, -0.2) is 18.1 Å². The molecule has 0 radical (unpaired) electrons. The number of benzene rings is 2. The normalized spacial score (nSPS) is 15.2. The summed E-state index contributed by atoms with van der Waals surface area (Å²) in [6.45, 7) is 3.42. The fourth-order valence-electron chi connectivity index (χ4n) is 2.54. The third kappa shape index (κ3) is 3.14. The summed E-state index contributed by atoms with van der Waals surface area (Å²) >= 11 is 3.50. The number of rotatable bonds is 2. The number of fused-ring (bicyclic) bond motifs is 1. The van der Waals surface area contributed by atoms with Crippen molar-refractivity contribution in [3.05, 3.63) is 58.1 Å². The molecule has 0 atom stereocenters. The first kappa shape index (κ1) is 13.5. The number of para-hydroxylation sites is 1. The lowest BCUT2D eigenvalue weighted by atomic mass is 10.1. The molecule has 0 spiro atoms. The van der Waals surface area contributed by atoms with E-state index >= 15 is 0 Å². The van der Waals surface area contributed by atoms with Crippen molar-refractivity contribution >= 4 is 21.6 Å². The lowest BCUT2D eigenvalue weighted by Gasteiger charge is -2.19. The van der Waals surface area contributed by atoms with Gasteiger partial charge >= 0.3 is 0 Å². The highest BCUT2D eigenvalue weighted by Crippen LogP contribution is 2.24. The van der Waals surface area contributed by atoms with E-state index in [1.54, 1.807) is 0 Å². The van der Waals surface area contributed by atoms with Gasteiger partial charge in [0, 0.05) is 35.4 Å². The van der Waals surface area contributed by atoms with Gasteiger partial charge in [-0.05, 0) is 29.8 Å². The molecule has 104 valence electrons. The van der Waals surface area contributed by atoms with Crippen LogP contribution in [-0.2, 0) is 13.1 Å². The number of ether oxygens (including phenoxy) is 1. The molecule has 2 aromatic rings. The average molecular weight is 333 g/mol. The van der Waals surface area contributed by atoms with E-state index in [1.165, 1.54) is 11.1 Å². The number of anilines is 1. The number of nitrogen functional groups attached to an aromatic ring is 1. The van der Waals surface area contributed by atoms with Gasteiger partial charge in [0.25, 0.3) is 0 Å². The van der Waals surface area contributed by atoms with Crippen molar-refractivity contribution < 1.29 is 4.74 Å². The topological polar surface area (TPSA) is 38.5 Å². The van der Waals surface area contributed by atoms with Crippen LogP contribution in [0.5, 0.6) is 5.75 Å². The molecule has 4 heteroatoms. The predicted molar refractivity (Wildman–Crippen MR) is 84.6 cm³/mol. The SMILES string of the molecule is Nc1cc(Br)cc(CN2CCOc3ccccc3C2)c1. The van der Waals surface area contributed by atoms with E-state index in [0.717, 1.165) is 42.2 Å². The summed E-state index contributed by atoms with van der Waals surface area (Å²) in [6.07, 6.45) is 0. The van der Waals surface area contributed by atoms with Crippen molar-refractivity contribution in [1.82, 2.24) is 4.90 Å². The number of halogens is 1. The highest BCUT2D eigenvalue weighted by molar-refractivity contribution is 9.10. The summed E-state index contributed by atoms with van der Waals surface area (Å²) in [5, 5.41) is 0. The third-order valence-corrected chi connectivity index (χ3v) is 3.88. The first-order valence-electron chi connectivity index (χ1n) is 6.69. The second-order valence-corrected chi connectivity index (χ2v) is 5.98. The standard InChI is InChI=1S/C16H17BrN2O/c17-14-7-12(8-15(18)9-14)10-19-5-6-20-16-4-2-1-3-13(16)11-19/h1-4,7-9H,5-6,10-11,18H2. The smallest absolute Gasteiger partial charge is 0.123 e. The summed E-state index contributed by atoms with van der Waals surface area (Å²) < 4.78 is 6.82. The molecule has 2 N–H and O–H groups in total. The second-order valence-electron chi connectivity index (χ2n) is 5.06. The van der Waals surface area contributed by atoms with Gasteiger partial charge in [-0.1, -0.05) is 34.1 Å². The molecule has 3 nitrogen and oxygen atoms in total. The number of nitrogens with zero attached hydrogens (tertiary/aromatic N) is 1. The fraction of sp³-hybridized carbons (Fsp3) is 0.250. The molecule has 0 unspecified atom stereocenters. The van der Waals surface area contributed by atoms with Crippen LogP contribution in [0.2, 0.25) is 0 Å². The summed E-state index contributed by atoms with van der Waals surface area (Å²) in [5.41, 5.74) is 9.15. The molecular formula is C16H17BrN2O. The lowest BCUT2D eigenvalue weighted by molar-refractivity contribution is 0.219. The molecule has 0 saturated heterocycles. The highest BCUT2D eigenvalue weighted by Gasteiger charge is 2.15. The molecule has 1 aliphatic rings. The minimum atomic E-state index is 0.723. The number of hydrogen-bond donors (Lipinski definition) is 1. The van der Waals surface area contributed by atoms with E-state index in [4.69, 9.17) is 10.5 Å². The Hall–Kier alpha value is -1.52. The van der Waals surface area contributed by atoms with Gasteiger partial charge in [0.2, 0.25) is 0 Å². The third-order valence-electron chi connectivity index (χ3n) is 3.42. The average Bonchev–Trinajstić information content (AvgIpc) is 2.59. The summed E-state index contributed by atoms with van der Waals surface area (Å²) in [6, 6.07) is 14.3. The molecular weight excluding hydrogens is 316 g/mol. The Bertz CT molecular complexity index is 595. The van der Waals surface area contributed by atoms with Gasteiger partial charge in [0.15, 0.2) is 0 Å². The van der Waals surface area contributed by atoms with E-state index in [2.05, 4.69) is 39.0 Å². The molecule has 0 aromatic heterocycles. The Balaban J connectivity index is 1.78. The van der Waals surface area contributed by atoms with Gasteiger partial charge in [0.1, 0.15) is 12.4 Å². The van der Waals surface area contributed by atoms with Crippen molar-refractivity contribution in [1.29, 1.82) is 0 Å². The van der Waals surface area contributed by atoms with Crippen LogP contribution < -0.4 is 10.5 Å². The first-order chi connectivity index (χ1) is 9.70. The Morgan fingerprint density at radius 3 is 2.90 bits per heavy atom. The molecule has 20 heavy (non-hydrogen) atoms. The summed E-state index contributed by atoms with van der Waals surface area (Å²) in [4.78, 5) is 2.38. The van der Waals surface area contributed by atoms with Crippen LogP contribution in [0, 0.1) is 0 Å². The Labute approximate surface area is 127 Å². The fourth-order valence-corrected chi connectivity index (χ4v) is 3.10. The van der Waals surface area contributed by atoms with Crippen LogP contribution in [0.15, 0.2) is 46.9 Å². The van der Waals surface area contributed by atoms with Crippen LogP contribution in [0.4, 0.5) is 5.69 Å². The molecule has 3 rings (SSSR count). The Kier molecular flexibility index (Phi) is 3.94. The van der Waals surface area contributed by atoms with Crippen LogP contribution in [0.3, 0.4) is 0 Å². The molecule has 1 heterocycles. The van der Waals surface area contributed by atoms with E-state index in [9.17, 15) is 0 Å². The highest BCUT2D eigenvalue weighted by atomic mass is 79.9. The monoisotopic (exact) mass is 332 g/mol. The largest absolute Gasteiger partial charge is 0.492 e. The van der Waals surface area contributed by atoms with E-state index in [1.807, 2.05) is 24.3 Å². The molecule has 1 aliphatic heterocycles. The van der Waals surface area contributed by atoms with Gasteiger partial charge in [-0.3, -0.25) is 4.90 Å². The maximum absolute atomic E-state index is 5.90. The van der Waals surface area contributed by atoms with Crippen LogP contribution in [0.25, 0.3) is 0 Å². The number of hydrogen-bond acceptors (Lipinski definition) is 3. The second kappa shape index (κ2) is 5.85. The zero-order valence-corrected chi connectivity index (χ0v) is 12.8. The van der Waals surface area contributed by atoms with Gasteiger partial charge < -0.3 is 10.5 Å². The zero-order valence-electron chi connectivity index (χ0n) is 11.2. The summed E-state index contributed by atoms with van der Waals surface area (Å²) in [5.74, 6) is 1.00. The van der Waals surface area contributed by atoms with E-state index < -0.39 is 0 Å². The molecule has 0 saturated carbocycles. The molecule has 0 amide bonds. The van der Waals surface area contributed by atoms with E-state index in [-0.39, 0.29) is 0 Å². The van der Waals surface area contributed by atoms with Gasteiger partial charge in [0.05, 0.1) is 0 Å². The van der Waals surface area contributed by atoms with Gasteiger partial charge in [-0.2, -0.15) is 0 Å². The molecule has 0 aliphatic carbocycles. The van der Waals surface area contributed by atoms with Crippen molar-refractivity contribution in [2.45, 2.75) is 13.1 Å². The molecule has 0 bridgehead atoms. The van der Waals surface area contributed by atoms with Crippen molar-refractivity contribution in [2.24, 2.45) is 0 Å². The Morgan fingerprint density at radius 1 is 1.20 bits per heavy atom. The van der Waals surface area contributed by atoms with Crippen LogP contribution in [0.1, 0.15) is 11.1 Å². The minimum absolute atomic E-state index is 0.723. The van der Waals surface area contributed by atoms with Crippen molar-refractivity contribution in [3.8, 4) is 5.75 Å². The number of nitrogens with two attached hydrogens (primary N) is 1. The maximum atomic E-state index is 5.90. The van der Waals surface area contributed by atoms with E-state index in [0.29, 0.717) is 0 Å². The van der Waals surface area contributed by atoms with Gasteiger partial charge in [-0.25, -0.2) is 0 Å². The minimum Gasteiger partial charge on any atom is -0.492 e. The zero-order chi connectivity index (χ0) is 13.9. The van der Waals surface area contributed by atoms with Gasteiger partial charge in [-0.15, -0.1) is 0 Å². The van der Waals surface area contributed by atoms with Crippen molar-refractivity contribution in [3.63, 3.8) is 0 Å². The first-order valence-corrected chi connectivity index (χ1v) is 7.48. The quantitative estimate of drug-likeness (QED) is 0.856.